The Balaban J connectivity index is 0.00000289. The number of hydrogen-bond acceptors (Lipinski definition) is 3. The monoisotopic (exact) mass is 550 g/mol. The van der Waals surface area contributed by atoms with Crippen molar-refractivity contribution in [1.82, 2.24) is 15.5 Å². The van der Waals surface area contributed by atoms with Gasteiger partial charge in [-0.25, -0.2) is 0 Å². The topological polar surface area (TPSA) is 69.9 Å². The first-order chi connectivity index (χ1) is 15.1. The fourth-order valence-electron chi connectivity index (χ4n) is 4.93. The minimum atomic E-state index is 0. The summed E-state index contributed by atoms with van der Waals surface area (Å²) in [6, 6.07) is 12.3. The van der Waals surface area contributed by atoms with Crippen molar-refractivity contribution in [2.45, 2.75) is 44.6 Å². The number of carbonyl (C=O) groups is 1. The number of carbonyl (C=O) groups excluding carboxylic acids is 1. The van der Waals surface area contributed by atoms with E-state index in [1.54, 1.807) is 25.3 Å². The van der Waals surface area contributed by atoms with Crippen LogP contribution in [0.3, 0.4) is 0 Å². The number of halogens is 1. The number of furan rings is 1. The van der Waals surface area contributed by atoms with Gasteiger partial charge in [0, 0.05) is 45.2 Å². The molecule has 1 amide bonds. The number of nitrogens with zero attached hydrogens (tertiary/aromatic N) is 2. The van der Waals surface area contributed by atoms with Gasteiger partial charge in [0.1, 0.15) is 5.76 Å². The Morgan fingerprint density at radius 3 is 2.72 bits per heavy atom. The van der Waals surface area contributed by atoms with Gasteiger partial charge in [-0.1, -0.05) is 18.6 Å². The summed E-state index contributed by atoms with van der Waals surface area (Å²) >= 11 is 0. The van der Waals surface area contributed by atoms with Crippen LogP contribution in [0.15, 0.2) is 52.1 Å². The summed E-state index contributed by atoms with van der Waals surface area (Å²) in [7, 11) is 3.56. The second kappa shape index (κ2) is 11.7. The lowest BCUT2D eigenvalue weighted by atomic mass is 9.95. The standard InChI is InChI=1S/C25H34N4O2.HI/c1-29(2)24(30)21-6-3-5-18(15-21)10-12-26-25(27-13-11-22-7-4-14-31-22)28-23-17-19-8-9-20(23)16-19;/h3-7,14-15,19-20,23H,8-13,16-17H2,1-2H3,(H2,26,27,28);1H. The number of rotatable bonds is 8. The van der Waals surface area contributed by atoms with Gasteiger partial charge < -0.3 is 20.0 Å². The van der Waals surface area contributed by atoms with Gasteiger partial charge in [0.15, 0.2) is 5.96 Å². The first-order valence-corrected chi connectivity index (χ1v) is 11.5. The Morgan fingerprint density at radius 1 is 1.16 bits per heavy atom. The number of aliphatic imine (C=N–C) groups is 1. The van der Waals surface area contributed by atoms with Crippen molar-refractivity contribution in [2.24, 2.45) is 16.8 Å². The van der Waals surface area contributed by atoms with Crippen molar-refractivity contribution < 1.29 is 9.21 Å². The summed E-state index contributed by atoms with van der Waals surface area (Å²) in [5.74, 6) is 3.57. The lowest BCUT2D eigenvalue weighted by molar-refractivity contribution is 0.0827. The second-order valence-corrected chi connectivity index (χ2v) is 9.06. The van der Waals surface area contributed by atoms with Crippen LogP contribution in [0.2, 0.25) is 0 Å². The van der Waals surface area contributed by atoms with E-state index in [4.69, 9.17) is 9.41 Å². The Morgan fingerprint density at radius 2 is 2.03 bits per heavy atom. The van der Waals surface area contributed by atoms with Crippen molar-refractivity contribution >= 4 is 35.8 Å². The molecule has 3 atom stereocenters. The van der Waals surface area contributed by atoms with Gasteiger partial charge in [-0.3, -0.25) is 9.79 Å². The molecule has 0 radical (unpaired) electrons. The van der Waals surface area contributed by atoms with Crippen molar-refractivity contribution in [3.8, 4) is 0 Å². The minimum Gasteiger partial charge on any atom is -0.469 e. The van der Waals surface area contributed by atoms with E-state index in [1.165, 1.54) is 25.7 Å². The van der Waals surface area contributed by atoms with Gasteiger partial charge in [0.25, 0.3) is 5.91 Å². The molecule has 6 nitrogen and oxygen atoms in total. The smallest absolute Gasteiger partial charge is 0.253 e. The van der Waals surface area contributed by atoms with Crippen LogP contribution in [0.25, 0.3) is 0 Å². The zero-order valence-corrected chi connectivity index (χ0v) is 21.4. The highest BCUT2D eigenvalue weighted by atomic mass is 127. The van der Waals surface area contributed by atoms with Crippen molar-refractivity contribution in [3.05, 3.63) is 59.5 Å². The van der Waals surface area contributed by atoms with Gasteiger partial charge in [0.2, 0.25) is 0 Å². The molecule has 0 saturated heterocycles. The molecule has 2 aromatic rings. The predicted octanol–water partition coefficient (Wildman–Crippen LogP) is 4.11. The molecule has 2 aliphatic rings. The summed E-state index contributed by atoms with van der Waals surface area (Å²) in [6.07, 6.45) is 8.70. The molecule has 1 heterocycles. The van der Waals surface area contributed by atoms with Crippen molar-refractivity contribution in [2.75, 3.05) is 27.2 Å². The fraction of sp³-hybridized carbons (Fsp3) is 0.520. The summed E-state index contributed by atoms with van der Waals surface area (Å²) in [5, 5.41) is 7.22. The highest BCUT2D eigenvalue weighted by Crippen LogP contribution is 2.44. The van der Waals surface area contributed by atoms with E-state index >= 15 is 0 Å². The van der Waals surface area contributed by atoms with Gasteiger partial charge in [-0.2, -0.15) is 0 Å². The van der Waals surface area contributed by atoms with E-state index in [2.05, 4.69) is 16.7 Å². The SMILES string of the molecule is CN(C)C(=O)c1cccc(CCNC(=NCCc2ccco2)NC2CC3CCC2C3)c1.I. The number of fused-ring (bicyclic) bond motifs is 2. The molecule has 0 spiro atoms. The molecule has 3 unspecified atom stereocenters. The Labute approximate surface area is 208 Å². The number of guanidine groups is 1. The van der Waals surface area contributed by atoms with E-state index in [9.17, 15) is 4.79 Å². The third-order valence-corrected chi connectivity index (χ3v) is 6.55. The summed E-state index contributed by atoms with van der Waals surface area (Å²) < 4.78 is 5.43. The largest absolute Gasteiger partial charge is 0.469 e. The molecular formula is C25H35IN4O2. The summed E-state index contributed by atoms with van der Waals surface area (Å²) in [5.41, 5.74) is 1.88. The highest BCUT2D eigenvalue weighted by Gasteiger charge is 2.39. The van der Waals surface area contributed by atoms with Crippen LogP contribution in [-0.4, -0.2) is 50.0 Å². The zero-order chi connectivity index (χ0) is 21.6. The Hall–Kier alpha value is -2.03. The molecule has 1 aromatic carbocycles. The number of nitrogens with one attached hydrogen (secondary N) is 2. The van der Waals surface area contributed by atoms with E-state index < -0.39 is 0 Å². The first-order valence-electron chi connectivity index (χ1n) is 11.5. The fourth-order valence-corrected chi connectivity index (χ4v) is 4.93. The lowest BCUT2D eigenvalue weighted by Gasteiger charge is -2.25. The van der Waals surface area contributed by atoms with Crippen molar-refractivity contribution in [3.63, 3.8) is 0 Å². The normalized spacial score (nSPS) is 21.8. The van der Waals surface area contributed by atoms with Crippen LogP contribution < -0.4 is 10.6 Å². The summed E-state index contributed by atoms with van der Waals surface area (Å²) in [4.78, 5) is 18.7. The number of amides is 1. The Kier molecular flexibility index (Phi) is 9.02. The highest BCUT2D eigenvalue weighted by molar-refractivity contribution is 14.0. The maximum absolute atomic E-state index is 12.2. The molecule has 4 rings (SSSR count). The van der Waals surface area contributed by atoms with Gasteiger partial charge >= 0.3 is 0 Å². The second-order valence-electron chi connectivity index (χ2n) is 9.06. The first kappa shape index (κ1) is 24.6. The maximum Gasteiger partial charge on any atom is 0.253 e. The van der Waals surface area contributed by atoms with Crippen LogP contribution in [-0.2, 0) is 12.8 Å². The molecule has 2 N–H and O–H groups in total. The molecule has 2 saturated carbocycles. The van der Waals surface area contributed by atoms with Gasteiger partial charge in [-0.05, 0) is 67.3 Å². The number of benzene rings is 1. The zero-order valence-electron chi connectivity index (χ0n) is 19.0. The van der Waals surface area contributed by atoms with E-state index in [-0.39, 0.29) is 29.9 Å². The summed E-state index contributed by atoms with van der Waals surface area (Å²) in [6.45, 7) is 1.46. The van der Waals surface area contributed by atoms with Crippen LogP contribution in [0, 0.1) is 11.8 Å². The Bertz CT molecular complexity index is 897. The van der Waals surface area contributed by atoms with Gasteiger partial charge in [0.05, 0.1) is 6.26 Å². The predicted molar refractivity (Wildman–Crippen MR) is 139 cm³/mol. The molecule has 1 aromatic heterocycles. The van der Waals surface area contributed by atoms with Crippen LogP contribution in [0.4, 0.5) is 0 Å². The molecular weight excluding hydrogens is 515 g/mol. The van der Waals surface area contributed by atoms with Crippen LogP contribution in [0.1, 0.15) is 47.4 Å². The third kappa shape index (κ3) is 6.49. The molecule has 7 heteroatoms. The average molecular weight is 550 g/mol. The minimum absolute atomic E-state index is 0. The quantitative estimate of drug-likeness (QED) is 0.295. The maximum atomic E-state index is 12.2. The molecule has 2 bridgehead atoms. The average Bonchev–Trinajstić information content (AvgIpc) is 3.52. The third-order valence-electron chi connectivity index (χ3n) is 6.55. The molecule has 0 aliphatic heterocycles. The van der Waals surface area contributed by atoms with E-state index in [0.717, 1.165) is 54.1 Å². The lowest BCUT2D eigenvalue weighted by Crippen LogP contribution is -2.46. The van der Waals surface area contributed by atoms with Crippen molar-refractivity contribution in [1.29, 1.82) is 0 Å². The van der Waals surface area contributed by atoms with Crippen LogP contribution in [0.5, 0.6) is 0 Å². The number of hydrogen-bond donors (Lipinski definition) is 2. The van der Waals surface area contributed by atoms with E-state index in [1.807, 2.05) is 30.3 Å². The molecule has 174 valence electrons. The molecule has 2 fully saturated rings. The van der Waals surface area contributed by atoms with Gasteiger partial charge in [-0.15, -0.1) is 24.0 Å². The molecule has 2 aliphatic carbocycles. The molecule has 32 heavy (non-hydrogen) atoms. The van der Waals surface area contributed by atoms with Crippen LogP contribution >= 0.6 is 24.0 Å². The van der Waals surface area contributed by atoms with E-state index in [0.29, 0.717) is 12.6 Å².